The monoisotopic (exact) mass is 461 g/mol. The number of benzene rings is 3. The number of hydrogen-bond donors (Lipinski definition) is 2. The Morgan fingerprint density at radius 3 is 2.52 bits per heavy atom. The van der Waals surface area contributed by atoms with Crippen molar-refractivity contribution in [3.8, 4) is 5.75 Å². The first-order valence-corrected chi connectivity index (χ1v) is 10.9. The number of phenols is 1. The molecule has 3 aromatic rings. The molecule has 1 atom stereocenters. The van der Waals surface area contributed by atoms with Crippen LogP contribution in [0, 0.1) is 0 Å². The van der Waals surface area contributed by atoms with E-state index in [9.17, 15) is 19.5 Å². The topological polar surface area (TPSA) is 90.0 Å². The third kappa shape index (κ3) is 3.60. The van der Waals surface area contributed by atoms with Crippen molar-refractivity contribution in [3.05, 3.63) is 88.4 Å². The molecular formula is C25H20ClN3O4. The average molecular weight is 462 g/mol. The lowest BCUT2D eigenvalue weighted by molar-refractivity contribution is -0.116. The van der Waals surface area contributed by atoms with Crippen LogP contribution < -0.4 is 10.2 Å². The Balaban J connectivity index is 1.36. The maximum atomic E-state index is 13.4. The van der Waals surface area contributed by atoms with Gasteiger partial charge in [0.05, 0.1) is 16.9 Å². The van der Waals surface area contributed by atoms with Crippen molar-refractivity contribution in [2.24, 2.45) is 0 Å². The first-order valence-electron chi connectivity index (χ1n) is 10.6. The van der Waals surface area contributed by atoms with E-state index in [-0.39, 0.29) is 42.1 Å². The van der Waals surface area contributed by atoms with E-state index in [0.717, 1.165) is 5.56 Å². The third-order valence-corrected chi connectivity index (χ3v) is 6.15. The van der Waals surface area contributed by atoms with E-state index < -0.39 is 6.17 Å². The molecule has 2 aliphatic heterocycles. The smallest absolute Gasteiger partial charge is 0.260 e. The van der Waals surface area contributed by atoms with Crippen molar-refractivity contribution in [1.82, 2.24) is 4.90 Å². The lowest BCUT2D eigenvalue weighted by Crippen LogP contribution is -2.48. The van der Waals surface area contributed by atoms with E-state index in [2.05, 4.69) is 5.32 Å². The van der Waals surface area contributed by atoms with Gasteiger partial charge in [-0.25, -0.2) is 0 Å². The molecule has 2 aliphatic rings. The predicted molar refractivity (Wildman–Crippen MR) is 124 cm³/mol. The summed E-state index contributed by atoms with van der Waals surface area (Å²) in [4.78, 5) is 42.3. The first kappa shape index (κ1) is 21.0. The summed E-state index contributed by atoms with van der Waals surface area (Å²) in [6.07, 6.45) is -0.0438. The first-order chi connectivity index (χ1) is 16.0. The minimum absolute atomic E-state index is 0.0766. The van der Waals surface area contributed by atoms with Crippen LogP contribution in [-0.2, 0) is 4.79 Å². The van der Waals surface area contributed by atoms with Crippen molar-refractivity contribution < 1.29 is 19.5 Å². The summed E-state index contributed by atoms with van der Waals surface area (Å²) in [6, 6.07) is 18.8. The van der Waals surface area contributed by atoms with Crippen LogP contribution >= 0.6 is 11.6 Å². The molecule has 33 heavy (non-hydrogen) atoms. The molecule has 5 rings (SSSR count). The number of carbonyl (C=O) groups is 3. The molecule has 0 aliphatic carbocycles. The SMILES string of the molecule is O=C(CCCN1C(=O)c2ccccc2N2C(=O)c3ccccc3[C@@H]12)Nc1cc(Cl)ccc1O. The van der Waals surface area contributed by atoms with Crippen LogP contribution in [-0.4, -0.2) is 34.3 Å². The van der Waals surface area contributed by atoms with Gasteiger partial charge in [-0.15, -0.1) is 0 Å². The number of aromatic hydroxyl groups is 1. The number of para-hydroxylation sites is 1. The van der Waals surface area contributed by atoms with Crippen molar-refractivity contribution in [1.29, 1.82) is 0 Å². The molecule has 2 N–H and O–H groups in total. The van der Waals surface area contributed by atoms with Gasteiger partial charge in [0.25, 0.3) is 11.8 Å². The molecule has 0 saturated carbocycles. The van der Waals surface area contributed by atoms with Gasteiger partial charge in [0, 0.05) is 29.1 Å². The van der Waals surface area contributed by atoms with Crippen LogP contribution in [0.5, 0.6) is 5.75 Å². The molecule has 7 nitrogen and oxygen atoms in total. The molecule has 0 radical (unpaired) electrons. The predicted octanol–water partition coefficient (Wildman–Crippen LogP) is 4.58. The molecule has 0 fully saturated rings. The summed E-state index contributed by atoms with van der Waals surface area (Å²) in [5.41, 5.74) is 2.64. The minimum Gasteiger partial charge on any atom is -0.506 e. The van der Waals surface area contributed by atoms with Crippen LogP contribution in [0.4, 0.5) is 11.4 Å². The van der Waals surface area contributed by atoms with Gasteiger partial charge in [0.1, 0.15) is 11.9 Å². The molecule has 8 heteroatoms. The lowest BCUT2D eigenvalue weighted by Gasteiger charge is -2.41. The van der Waals surface area contributed by atoms with Crippen LogP contribution in [0.25, 0.3) is 0 Å². The third-order valence-electron chi connectivity index (χ3n) is 5.92. The molecule has 0 unspecified atom stereocenters. The molecule has 3 aromatic carbocycles. The highest BCUT2D eigenvalue weighted by molar-refractivity contribution is 6.31. The van der Waals surface area contributed by atoms with Gasteiger partial charge >= 0.3 is 0 Å². The number of anilines is 2. The van der Waals surface area contributed by atoms with Gasteiger partial charge in [-0.3, -0.25) is 19.3 Å². The summed E-state index contributed by atoms with van der Waals surface area (Å²) in [6.45, 7) is 0.283. The van der Waals surface area contributed by atoms with Crippen molar-refractivity contribution in [2.45, 2.75) is 19.0 Å². The normalized spacial score (nSPS) is 16.3. The Hall–Kier alpha value is -3.84. The second kappa shape index (κ2) is 8.26. The van der Waals surface area contributed by atoms with Crippen LogP contribution in [0.3, 0.4) is 0 Å². The fourth-order valence-corrected chi connectivity index (χ4v) is 4.60. The summed E-state index contributed by atoms with van der Waals surface area (Å²) in [5, 5.41) is 12.9. The van der Waals surface area contributed by atoms with E-state index in [1.807, 2.05) is 24.3 Å². The molecule has 2 heterocycles. The van der Waals surface area contributed by atoms with Crippen LogP contribution in [0.15, 0.2) is 66.7 Å². The van der Waals surface area contributed by atoms with Gasteiger partial charge < -0.3 is 15.3 Å². The fourth-order valence-electron chi connectivity index (χ4n) is 4.43. The Labute approximate surface area is 195 Å². The van der Waals surface area contributed by atoms with E-state index in [4.69, 9.17) is 11.6 Å². The number of halogens is 1. The number of nitrogens with zero attached hydrogens (tertiary/aromatic N) is 2. The number of nitrogens with one attached hydrogen (secondary N) is 1. The molecule has 0 spiro atoms. The molecule has 166 valence electrons. The highest BCUT2D eigenvalue weighted by Gasteiger charge is 2.47. The standard InChI is InChI=1S/C25H20ClN3O4/c26-15-11-12-21(30)19(14-15)27-22(31)10-5-13-28-23-16-6-1-2-7-17(16)25(33)29(23)20-9-4-3-8-18(20)24(28)32/h1-4,6-9,11-12,14,23,30H,5,10,13H2,(H,27,31)/t23-/m0/s1. The maximum absolute atomic E-state index is 13.4. The number of amides is 3. The van der Waals surface area contributed by atoms with Crippen LogP contribution in [0.1, 0.15) is 45.3 Å². The van der Waals surface area contributed by atoms with Gasteiger partial charge in [-0.1, -0.05) is 41.9 Å². The average Bonchev–Trinajstić information content (AvgIpc) is 3.11. The second-order valence-corrected chi connectivity index (χ2v) is 8.40. The zero-order valence-electron chi connectivity index (χ0n) is 17.5. The highest BCUT2D eigenvalue weighted by Crippen LogP contribution is 2.45. The van der Waals surface area contributed by atoms with Gasteiger partial charge in [-0.2, -0.15) is 0 Å². The number of fused-ring (bicyclic) bond motifs is 5. The van der Waals surface area contributed by atoms with Crippen molar-refractivity contribution >= 4 is 40.7 Å². The highest BCUT2D eigenvalue weighted by atomic mass is 35.5. The molecule has 3 amide bonds. The molecule has 0 bridgehead atoms. The minimum atomic E-state index is -0.545. The quantitative estimate of drug-likeness (QED) is 0.544. The zero-order chi connectivity index (χ0) is 23.1. The molecular weight excluding hydrogens is 442 g/mol. The van der Waals surface area contributed by atoms with Gasteiger partial charge in [0.15, 0.2) is 0 Å². The fraction of sp³-hybridized carbons (Fsp3) is 0.160. The Kier molecular flexibility index (Phi) is 5.26. The maximum Gasteiger partial charge on any atom is 0.260 e. The number of hydrogen-bond acceptors (Lipinski definition) is 4. The lowest BCUT2D eigenvalue weighted by atomic mass is 10.0. The largest absolute Gasteiger partial charge is 0.506 e. The zero-order valence-corrected chi connectivity index (χ0v) is 18.2. The van der Waals surface area contributed by atoms with Gasteiger partial charge in [-0.05, 0) is 42.8 Å². The number of phenolic OH excluding ortho intramolecular Hbond substituents is 1. The van der Waals surface area contributed by atoms with E-state index in [0.29, 0.717) is 28.3 Å². The van der Waals surface area contributed by atoms with Crippen molar-refractivity contribution in [2.75, 3.05) is 16.8 Å². The van der Waals surface area contributed by atoms with E-state index in [1.54, 1.807) is 34.1 Å². The van der Waals surface area contributed by atoms with Crippen LogP contribution in [0.2, 0.25) is 5.02 Å². The molecule has 0 saturated heterocycles. The van der Waals surface area contributed by atoms with E-state index >= 15 is 0 Å². The van der Waals surface area contributed by atoms with Gasteiger partial charge in [0.2, 0.25) is 5.91 Å². The Morgan fingerprint density at radius 2 is 1.70 bits per heavy atom. The summed E-state index contributed by atoms with van der Waals surface area (Å²) >= 11 is 5.93. The number of rotatable bonds is 5. The Bertz CT molecular complexity index is 1290. The number of carbonyl (C=O) groups excluding carboxylic acids is 3. The van der Waals surface area contributed by atoms with E-state index in [1.165, 1.54) is 18.2 Å². The summed E-state index contributed by atoms with van der Waals surface area (Å²) in [7, 11) is 0. The summed E-state index contributed by atoms with van der Waals surface area (Å²) in [5.74, 6) is -0.705. The summed E-state index contributed by atoms with van der Waals surface area (Å²) < 4.78 is 0. The second-order valence-electron chi connectivity index (χ2n) is 7.96. The van der Waals surface area contributed by atoms with Crippen molar-refractivity contribution in [3.63, 3.8) is 0 Å². The molecule has 0 aromatic heterocycles. The Morgan fingerprint density at radius 1 is 0.970 bits per heavy atom.